The van der Waals surface area contributed by atoms with E-state index in [2.05, 4.69) is 15.3 Å². The minimum atomic E-state index is -4.75. The largest absolute Gasteiger partial charge is 0.416 e. The van der Waals surface area contributed by atoms with Gasteiger partial charge in [-0.25, -0.2) is 14.4 Å². The fraction of sp³-hybridized carbons (Fsp3) is 0.171. The average molecular weight is 738 g/mol. The van der Waals surface area contributed by atoms with E-state index in [1.807, 2.05) is 31.3 Å². The molecule has 5 rings (SSSR count). The number of aromatic nitrogens is 2. The number of benzene rings is 3. The summed E-state index contributed by atoms with van der Waals surface area (Å²) in [6.45, 7) is 2.86. The Balaban J connectivity index is 0.000000271. The van der Waals surface area contributed by atoms with Crippen LogP contribution in [0.5, 0.6) is 0 Å². The van der Waals surface area contributed by atoms with Crippen LogP contribution in [0.15, 0.2) is 91.3 Å². The van der Waals surface area contributed by atoms with Crippen molar-refractivity contribution in [2.75, 3.05) is 24.3 Å². The number of hydrogen-bond donors (Lipinski definition) is 1. The van der Waals surface area contributed by atoms with Gasteiger partial charge in [0.2, 0.25) is 5.91 Å². The summed E-state index contributed by atoms with van der Waals surface area (Å²) in [4.78, 5) is 22.7. The topological polar surface area (TPSA) is 58.1 Å². The number of anilines is 2. The number of pyridine rings is 2. The number of halogens is 8. The van der Waals surface area contributed by atoms with E-state index < -0.39 is 28.9 Å². The monoisotopic (exact) mass is 736 g/mol. The molecule has 1 amide bonds. The Morgan fingerprint density at radius 3 is 1.77 bits per heavy atom. The molecular weight excluding hydrogens is 710 g/mol. The SMILES string of the molecule is CN(C(=O)C(C)(C)c1cc(F)cc(C(F)(F)F)c1)c1cnc(Cl)cc1-c1ccccc1Cl.CNc1cnc(Cl)cc1-c1ccccc1Cl. The van der Waals surface area contributed by atoms with Crippen LogP contribution in [0.2, 0.25) is 20.4 Å². The molecule has 0 radical (unpaired) electrons. The van der Waals surface area contributed by atoms with E-state index in [9.17, 15) is 22.4 Å². The summed E-state index contributed by atoms with van der Waals surface area (Å²) in [6.07, 6.45) is -1.68. The van der Waals surface area contributed by atoms with Crippen molar-refractivity contribution in [2.24, 2.45) is 0 Å². The number of carbonyl (C=O) groups is 1. The summed E-state index contributed by atoms with van der Waals surface area (Å²) in [5.41, 5.74) is 1.47. The van der Waals surface area contributed by atoms with Crippen molar-refractivity contribution in [3.63, 3.8) is 0 Å². The Hall–Kier alpha value is -3.89. The van der Waals surface area contributed by atoms with Crippen LogP contribution in [0.3, 0.4) is 0 Å². The van der Waals surface area contributed by atoms with E-state index in [4.69, 9.17) is 46.4 Å². The van der Waals surface area contributed by atoms with Crippen LogP contribution >= 0.6 is 46.4 Å². The molecule has 0 aliphatic heterocycles. The van der Waals surface area contributed by atoms with Gasteiger partial charge in [-0.1, -0.05) is 82.8 Å². The molecule has 1 N–H and O–H groups in total. The van der Waals surface area contributed by atoms with Crippen molar-refractivity contribution >= 4 is 63.7 Å². The molecule has 0 fully saturated rings. The highest BCUT2D eigenvalue weighted by Crippen LogP contribution is 2.39. The maximum absolute atomic E-state index is 14.0. The molecule has 13 heteroatoms. The molecule has 5 nitrogen and oxygen atoms in total. The number of nitrogens with zero attached hydrogens (tertiary/aromatic N) is 3. The number of hydrogen-bond acceptors (Lipinski definition) is 4. The van der Waals surface area contributed by atoms with Gasteiger partial charge in [0.05, 0.1) is 34.7 Å². The first-order valence-corrected chi connectivity index (χ1v) is 15.7. The molecule has 48 heavy (non-hydrogen) atoms. The summed E-state index contributed by atoms with van der Waals surface area (Å²) in [7, 11) is 3.30. The van der Waals surface area contributed by atoms with Gasteiger partial charge in [0.25, 0.3) is 0 Å². The maximum Gasteiger partial charge on any atom is 0.416 e. The molecule has 0 unspecified atom stereocenters. The lowest BCUT2D eigenvalue weighted by molar-refractivity contribution is -0.138. The molecule has 0 aliphatic rings. The molecular formula is C35H28Cl4F4N4O. The van der Waals surface area contributed by atoms with Crippen molar-refractivity contribution in [1.29, 1.82) is 0 Å². The van der Waals surface area contributed by atoms with Crippen molar-refractivity contribution in [2.45, 2.75) is 25.4 Å². The molecule has 0 atom stereocenters. The summed E-state index contributed by atoms with van der Waals surface area (Å²) in [5, 5.41) is 4.80. The van der Waals surface area contributed by atoms with Gasteiger partial charge in [-0.15, -0.1) is 0 Å². The summed E-state index contributed by atoms with van der Waals surface area (Å²) < 4.78 is 53.5. The zero-order chi connectivity index (χ0) is 35.4. The second kappa shape index (κ2) is 15.1. The van der Waals surface area contributed by atoms with Crippen LogP contribution in [-0.4, -0.2) is 30.0 Å². The zero-order valence-electron chi connectivity index (χ0n) is 25.9. The second-order valence-corrected chi connectivity index (χ2v) is 12.6. The van der Waals surface area contributed by atoms with Gasteiger partial charge in [0.1, 0.15) is 16.1 Å². The van der Waals surface area contributed by atoms with Crippen LogP contribution in [0, 0.1) is 5.82 Å². The maximum atomic E-state index is 14.0. The summed E-state index contributed by atoms with van der Waals surface area (Å²) in [5.74, 6) is -1.66. The number of alkyl halides is 3. The van der Waals surface area contributed by atoms with Crippen LogP contribution in [0.4, 0.5) is 28.9 Å². The van der Waals surface area contributed by atoms with Crippen molar-refractivity contribution in [1.82, 2.24) is 9.97 Å². The predicted molar refractivity (Wildman–Crippen MR) is 187 cm³/mol. The molecule has 2 aromatic heterocycles. The number of likely N-dealkylation sites (N-methyl/N-ethyl adjacent to an activating group) is 1. The van der Waals surface area contributed by atoms with E-state index in [1.54, 1.807) is 42.6 Å². The average Bonchev–Trinajstić information content (AvgIpc) is 3.04. The fourth-order valence-corrected chi connectivity index (χ4v) is 5.67. The Bertz CT molecular complexity index is 1950. The quantitative estimate of drug-likeness (QED) is 0.139. The van der Waals surface area contributed by atoms with Gasteiger partial charge in [-0.2, -0.15) is 13.2 Å². The summed E-state index contributed by atoms with van der Waals surface area (Å²) >= 11 is 24.4. The lowest BCUT2D eigenvalue weighted by atomic mass is 9.82. The predicted octanol–water partition coefficient (Wildman–Crippen LogP) is 11.3. The second-order valence-electron chi connectivity index (χ2n) is 11.0. The van der Waals surface area contributed by atoms with E-state index in [-0.39, 0.29) is 10.7 Å². The molecule has 250 valence electrons. The molecule has 5 aromatic rings. The van der Waals surface area contributed by atoms with Gasteiger partial charge >= 0.3 is 6.18 Å². The highest BCUT2D eigenvalue weighted by atomic mass is 35.5. The number of rotatable bonds is 6. The first-order chi connectivity index (χ1) is 22.5. The minimum absolute atomic E-state index is 0.108. The standard InChI is InChI=1S/C23H18Cl2F4N2O.C12H10Cl2N2/c1-22(2,13-8-14(23(27,28)29)10-15(26)9-13)21(32)31(3)19-12-30-20(25)11-17(19)16-6-4-5-7-18(16)24;1-15-11-7-16-12(14)6-9(11)8-4-2-3-5-10(8)13/h4-12H,1-3H3;2-7,15H,1H3. The van der Waals surface area contributed by atoms with Gasteiger partial charge in [0.15, 0.2) is 0 Å². The van der Waals surface area contributed by atoms with Crippen molar-refractivity contribution < 1.29 is 22.4 Å². The molecule has 2 heterocycles. The molecule has 0 bridgehead atoms. The fourth-order valence-electron chi connectivity index (χ4n) is 4.88. The number of nitrogens with one attached hydrogen (secondary N) is 1. The number of amides is 1. The normalized spacial score (nSPS) is 11.4. The number of carbonyl (C=O) groups excluding carboxylic acids is 1. The van der Waals surface area contributed by atoms with Crippen LogP contribution < -0.4 is 10.2 Å². The van der Waals surface area contributed by atoms with Crippen molar-refractivity contribution in [3.05, 3.63) is 129 Å². The van der Waals surface area contributed by atoms with Crippen molar-refractivity contribution in [3.8, 4) is 22.3 Å². The lowest BCUT2D eigenvalue weighted by Gasteiger charge is -2.31. The smallest absolute Gasteiger partial charge is 0.386 e. The van der Waals surface area contributed by atoms with Gasteiger partial charge in [-0.3, -0.25) is 4.79 Å². The highest BCUT2D eigenvalue weighted by Gasteiger charge is 2.38. The third-order valence-corrected chi connectivity index (χ3v) is 8.54. The van der Waals surface area contributed by atoms with Gasteiger partial charge < -0.3 is 10.2 Å². The third-order valence-electron chi connectivity index (χ3n) is 7.46. The molecule has 0 spiro atoms. The zero-order valence-corrected chi connectivity index (χ0v) is 29.0. The highest BCUT2D eigenvalue weighted by molar-refractivity contribution is 6.34. The van der Waals surface area contributed by atoms with E-state index in [1.165, 1.54) is 32.0 Å². The Morgan fingerprint density at radius 2 is 1.23 bits per heavy atom. The van der Waals surface area contributed by atoms with E-state index in [0.717, 1.165) is 28.9 Å². The van der Waals surface area contributed by atoms with Crippen LogP contribution in [0.1, 0.15) is 25.0 Å². The minimum Gasteiger partial charge on any atom is -0.386 e. The first kappa shape index (κ1) is 36.9. The molecule has 3 aromatic carbocycles. The molecule has 0 saturated heterocycles. The lowest BCUT2D eigenvalue weighted by Crippen LogP contribution is -2.42. The Kier molecular flexibility index (Phi) is 11.6. The third kappa shape index (κ3) is 8.39. The molecule has 0 aliphatic carbocycles. The Labute approximate surface area is 295 Å². The van der Waals surface area contributed by atoms with E-state index in [0.29, 0.717) is 38.1 Å². The first-order valence-electron chi connectivity index (χ1n) is 14.2. The van der Waals surface area contributed by atoms with E-state index >= 15 is 0 Å². The van der Waals surface area contributed by atoms with Gasteiger partial charge in [-0.05, 0) is 61.9 Å². The van der Waals surface area contributed by atoms with Crippen LogP contribution in [0.25, 0.3) is 22.3 Å². The van der Waals surface area contributed by atoms with Gasteiger partial charge in [0, 0.05) is 46.4 Å². The molecule has 0 saturated carbocycles. The Morgan fingerprint density at radius 1 is 0.729 bits per heavy atom. The summed E-state index contributed by atoms with van der Waals surface area (Å²) in [6, 6.07) is 20.0. The van der Waals surface area contributed by atoms with Crippen LogP contribution in [-0.2, 0) is 16.4 Å².